The van der Waals surface area contributed by atoms with Crippen molar-refractivity contribution in [1.29, 1.82) is 0 Å². The average Bonchev–Trinajstić information content (AvgIpc) is 2.26. The van der Waals surface area contributed by atoms with Gasteiger partial charge in [-0.15, -0.1) is 11.6 Å². The van der Waals surface area contributed by atoms with E-state index < -0.39 is 0 Å². The maximum absolute atomic E-state index is 11.2. The summed E-state index contributed by atoms with van der Waals surface area (Å²) in [5.74, 6) is -0.231. The molecule has 0 fully saturated rings. The summed E-state index contributed by atoms with van der Waals surface area (Å²) in [6.07, 6.45) is 1.72. The highest BCUT2D eigenvalue weighted by Crippen LogP contribution is 2.09. The van der Waals surface area contributed by atoms with Gasteiger partial charge in [-0.1, -0.05) is 30.3 Å². The van der Waals surface area contributed by atoms with Crippen molar-refractivity contribution in [3.05, 3.63) is 41.5 Å². The number of carbonyl (C=O) groups is 1. The maximum Gasteiger partial charge on any atom is 0.334 e. The average molecular weight is 211 g/mol. The van der Waals surface area contributed by atoms with Crippen LogP contribution in [0.15, 0.2) is 35.9 Å². The number of benzene rings is 1. The number of carbonyl (C=O) groups excluding carboxylic acids is 1. The number of hydrogen-bond donors (Lipinski definition) is 0. The molecule has 0 bridgehead atoms. The summed E-state index contributed by atoms with van der Waals surface area (Å²) >= 11 is 5.62. The third kappa shape index (κ3) is 2.89. The first-order chi connectivity index (χ1) is 6.77. The first-order valence-corrected chi connectivity index (χ1v) is 4.71. The van der Waals surface area contributed by atoms with Gasteiger partial charge in [0.15, 0.2) is 0 Å². The van der Waals surface area contributed by atoms with E-state index in [1.807, 2.05) is 30.3 Å². The normalized spacial score (nSPS) is 11.1. The van der Waals surface area contributed by atoms with Crippen molar-refractivity contribution in [2.24, 2.45) is 0 Å². The van der Waals surface area contributed by atoms with Gasteiger partial charge in [-0.05, 0) is 11.6 Å². The van der Waals surface area contributed by atoms with E-state index in [0.29, 0.717) is 5.57 Å². The Morgan fingerprint density at radius 3 is 2.57 bits per heavy atom. The summed E-state index contributed by atoms with van der Waals surface area (Å²) in [5.41, 5.74) is 1.40. The fraction of sp³-hybridized carbons (Fsp3) is 0.182. The summed E-state index contributed by atoms with van der Waals surface area (Å²) in [4.78, 5) is 11.2. The van der Waals surface area contributed by atoms with Crippen molar-refractivity contribution in [2.75, 3.05) is 13.0 Å². The van der Waals surface area contributed by atoms with Crippen molar-refractivity contribution < 1.29 is 9.53 Å². The highest BCUT2D eigenvalue weighted by atomic mass is 35.5. The molecule has 1 aromatic carbocycles. The first-order valence-electron chi connectivity index (χ1n) is 4.18. The fourth-order valence-corrected chi connectivity index (χ4v) is 1.22. The van der Waals surface area contributed by atoms with Gasteiger partial charge in [-0.3, -0.25) is 0 Å². The summed E-state index contributed by atoms with van der Waals surface area (Å²) in [6.45, 7) is 0. The van der Waals surface area contributed by atoms with Gasteiger partial charge in [0.25, 0.3) is 0 Å². The standard InChI is InChI=1S/C11H11ClO2/c1-14-11(13)10(8-12)7-9-5-3-2-4-6-9/h2-7H,8H2,1H3/b10-7-. The minimum absolute atomic E-state index is 0.154. The molecule has 0 aliphatic carbocycles. The van der Waals surface area contributed by atoms with E-state index in [1.165, 1.54) is 7.11 Å². The Hall–Kier alpha value is -1.28. The van der Waals surface area contributed by atoms with Gasteiger partial charge in [-0.25, -0.2) is 4.79 Å². The molecule has 1 aromatic rings. The molecule has 3 heteroatoms. The number of hydrogen-bond acceptors (Lipinski definition) is 2. The summed E-state index contributed by atoms with van der Waals surface area (Å²) < 4.78 is 4.58. The predicted octanol–water partition coefficient (Wildman–Crippen LogP) is 2.48. The Balaban J connectivity index is 2.89. The molecule has 74 valence electrons. The van der Waals surface area contributed by atoms with Crippen molar-refractivity contribution in [1.82, 2.24) is 0 Å². The minimum atomic E-state index is -0.385. The third-order valence-corrected chi connectivity index (χ3v) is 2.02. The van der Waals surface area contributed by atoms with Crippen LogP contribution in [0, 0.1) is 0 Å². The maximum atomic E-state index is 11.2. The van der Waals surface area contributed by atoms with Gasteiger partial charge in [0, 0.05) is 0 Å². The lowest BCUT2D eigenvalue weighted by molar-refractivity contribution is -0.135. The Bertz CT molecular complexity index is 330. The van der Waals surface area contributed by atoms with Gasteiger partial charge in [-0.2, -0.15) is 0 Å². The molecular weight excluding hydrogens is 200 g/mol. The molecule has 0 aliphatic heterocycles. The van der Waals surface area contributed by atoms with Gasteiger partial charge in [0.05, 0.1) is 18.6 Å². The quantitative estimate of drug-likeness (QED) is 0.435. The Morgan fingerprint density at radius 2 is 2.07 bits per heavy atom. The second-order valence-corrected chi connectivity index (χ2v) is 2.97. The molecule has 0 radical (unpaired) electrons. The zero-order chi connectivity index (χ0) is 10.4. The van der Waals surface area contributed by atoms with E-state index in [2.05, 4.69) is 4.74 Å². The molecule has 0 amide bonds. The molecule has 2 nitrogen and oxygen atoms in total. The zero-order valence-electron chi connectivity index (χ0n) is 7.87. The minimum Gasteiger partial charge on any atom is -0.466 e. The van der Waals surface area contributed by atoms with Crippen molar-refractivity contribution in [3.63, 3.8) is 0 Å². The number of ether oxygens (including phenoxy) is 1. The summed E-state index contributed by atoms with van der Waals surface area (Å²) in [5, 5.41) is 0. The molecule has 0 atom stereocenters. The van der Waals surface area contributed by atoms with Crippen LogP contribution in [0.25, 0.3) is 6.08 Å². The topological polar surface area (TPSA) is 26.3 Å². The molecule has 0 saturated heterocycles. The van der Waals surface area contributed by atoms with Crippen molar-refractivity contribution in [3.8, 4) is 0 Å². The van der Waals surface area contributed by atoms with E-state index in [9.17, 15) is 4.79 Å². The number of esters is 1. The monoisotopic (exact) mass is 210 g/mol. The van der Waals surface area contributed by atoms with Crippen LogP contribution in [-0.4, -0.2) is 19.0 Å². The lowest BCUT2D eigenvalue weighted by atomic mass is 10.1. The molecule has 0 spiro atoms. The summed E-state index contributed by atoms with van der Waals surface area (Å²) in [6, 6.07) is 9.50. The van der Waals surface area contributed by atoms with Crippen LogP contribution >= 0.6 is 11.6 Å². The van der Waals surface area contributed by atoms with E-state index >= 15 is 0 Å². The van der Waals surface area contributed by atoms with Gasteiger partial charge in [0.2, 0.25) is 0 Å². The smallest absolute Gasteiger partial charge is 0.334 e. The Labute approximate surface area is 88.1 Å². The first kappa shape index (κ1) is 10.8. The number of alkyl halides is 1. The van der Waals surface area contributed by atoms with Crippen LogP contribution in [-0.2, 0) is 9.53 Å². The van der Waals surface area contributed by atoms with Crippen LogP contribution in [0.2, 0.25) is 0 Å². The second kappa shape index (κ2) is 5.45. The fourth-order valence-electron chi connectivity index (χ4n) is 1.03. The molecule has 1 rings (SSSR count). The molecule has 0 heterocycles. The van der Waals surface area contributed by atoms with Gasteiger partial charge < -0.3 is 4.74 Å². The van der Waals surface area contributed by atoms with Crippen LogP contribution in [0.5, 0.6) is 0 Å². The van der Waals surface area contributed by atoms with E-state index in [1.54, 1.807) is 6.08 Å². The lowest BCUT2D eigenvalue weighted by Crippen LogP contribution is -2.05. The van der Waals surface area contributed by atoms with Crippen molar-refractivity contribution in [2.45, 2.75) is 0 Å². The van der Waals surface area contributed by atoms with Crippen LogP contribution in [0.1, 0.15) is 5.56 Å². The Kier molecular flexibility index (Phi) is 4.20. The van der Waals surface area contributed by atoms with E-state index in [4.69, 9.17) is 11.6 Å². The number of rotatable bonds is 3. The van der Waals surface area contributed by atoms with Gasteiger partial charge in [0.1, 0.15) is 0 Å². The second-order valence-electron chi connectivity index (χ2n) is 2.71. The molecule has 0 N–H and O–H groups in total. The molecular formula is C11H11ClO2. The third-order valence-electron chi connectivity index (χ3n) is 1.73. The number of methoxy groups -OCH3 is 1. The molecule has 14 heavy (non-hydrogen) atoms. The van der Waals surface area contributed by atoms with Crippen LogP contribution in [0.4, 0.5) is 0 Å². The van der Waals surface area contributed by atoms with Crippen LogP contribution in [0.3, 0.4) is 0 Å². The van der Waals surface area contributed by atoms with Crippen molar-refractivity contribution >= 4 is 23.6 Å². The molecule has 0 saturated carbocycles. The lowest BCUT2D eigenvalue weighted by Gasteiger charge is -2.00. The predicted molar refractivity (Wildman–Crippen MR) is 57.2 cm³/mol. The molecule has 0 aliphatic rings. The molecule has 0 aromatic heterocycles. The SMILES string of the molecule is COC(=O)/C(=C\c1ccccc1)CCl. The highest BCUT2D eigenvalue weighted by Gasteiger charge is 2.07. The van der Waals surface area contributed by atoms with Crippen LogP contribution < -0.4 is 0 Å². The van der Waals surface area contributed by atoms with E-state index in [0.717, 1.165) is 5.56 Å². The van der Waals surface area contributed by atoms with Gasteiger partial charge >= 0.3 is 5.97 Å². The zero-order valence-corrected chi connectivity index (χ0v) is 8.62. The largest absolute Gasteiger partial charge is 0.466 e. The summed E-state index contributed by atoms with van der Waals surface area (Å²) in [7, 11) is 1.34. The Morgan fingerprint density at radius 1 is 1.43 bits per heavy atom. The van der Waals surface area contributed by atoms with E-state index in [-0.39, 0.29) is 11.8 Å². The molecule has 0 unspecified atom stereocenters. The number of halogens is 1. The highest BCUT2D eigenvalue weighted by molar-refractivity contribution is 6.23.